The molecular formula is C17H18ClN3O4. The van der Waals surface area contributed by atoms with Gasteiger partial charge in [-0.1, -0.05) is 28.9 Å². The summed E-state index contributed by atoms with van der Waals surface area (Å²) in [6.07, 6.45) is 1.69. The first kappa shape index (κ1) is 16.4. The molecule has 1 aromatic heterocycles. The van der Waals surface area contributed by atoms with E-state index in [1.54, 1.807) is 18.2 Å². The van der Waals surface area contributed by atoms with Crippen LogP contribution >= 0.6 is 11.6 Å². The quantitative estimate of drug-likeness (QED) is 0.837. The molecule has 1 aromatic carbocycles. The third kappa shape index (κ3) is 2.87. The van der Waals surface area contributed by atoms with E-state index in [0.29, 0.717) is 22.8 Å². The molecule has 0 bridgehead atoms. The highest BCUT2D eigenvalue weighted by molar-refractivity contribution is 6.33. The van der Waals surface area contributed by atoms with Gasteiger partial charge in [-0.2, -0.15) is 0 Å². The van der Waals surface area contributed by atoms with Crippen LogP contribution in [-0.2, 0) is 16.1 Å². The normalized spacial score (nSPS) is 22.3. The van der Waals surface area contributed by atoms with Crippen LogP contribution in [0.2, 0.25) is 5.02 Å². The lowest BCUT2D eigenvalue weighted by Gasteiger charge is -2.36. The van der Waals surface area contributed by atoms with Gasteiger partial charge < -0.3 is 10.1 Å². The molecule has 1 unspecified atom stereocenters. The van der Waals surface area contributed by atoms with E-state index in [-0.39, 0.29) is 24.0 Å². The minimum atomic E-state index is -0.582. The van der Waals surface area contributed by atoms with Gasteiger partial charge in [-0.05, 0) is 38.1 Å². The van der Waals surface area contributed by atoms with Gasteiger partial charge in [0.1, 0.15) is 6.10 Å². The average molecular weight is 364 g/mol. The molecule has 0 saturated carbocycles. The lowest BCUT2D eigenvalue weighted by atomic mass is 9.73. The van der Waals surface area contributed by atoms with E-state index in [2.05, 4.69) is 10.5 Å². The lowest BCUT2D eigenvalue weighted by molar-refractivity contribution is -0.142. The van der Waals surface area contributed by atoms with Crippen molar-refractivity contribution in [1.82, 2.24) is 15.0 Å². The van der Waals surface area contributed by atoms with Gasteiger partial charge in [-0.15, -0.1) is 0 Å². The van der Waals surface area contributed by atoms with Crippen molar-refractivity contribution in [3.63, 3.8) is 0 Å². The number of benzene rings is 1. The number of nitrogens with one attached hydrogen (secondary N) is 1. The Balaban J connectivity index is 1.69. The number of hydrogen-bond donors (Lipinski definition) is 1. The Morgan fingerprint density at radius 2 is 2.04 bits per heavy atom. The molecule has 2 aromatic rings. The number of halogens is 1. The zero-order chi connectivity index (χ0) is 17.4. The molecule has 1 spiro atoms. The number of cyclic esters (lactones) is 1. The lowest BCUT2D eigenvalue weighted by Crippen LogP contribution is -2.44. The standard InChI is InChI=1S/C17H18ClN3O4/c18-12-4-2-1-3-11(12)15-20-25-16(23)21(15)10-13-17(9-14(22)24-13)5-7-19-8-6-17/h1-4,13,19H,5-10H2. The minimum Gasteiger partial charge on any atom is -0.460 e. The van der Waals surface area contributed by atoms with Crippen LogP contribution < -0.4 is 11.1 Å². The van der Waals surface area contributed by atoms with Crippen LogP contribution in [0.15, 0.2) is 33.6 Å². The molecule has 7 nitrogen and oxygen atoms in total. The molecule has 132 valence electrons. The van der Waals surface area contributed by atoms with Gasteiger partial charge >= 0.3 is 11.7 Å². The summed E-state index contributed by atoms with van der Waals surface area (Å²) in [5, 5.41) is 7.66. The van der Waals surface area contributed by atoms with Crippen molar-refractivity contribution in [2.45, 2.75) is 31.9 Å². The summed E-state index contributed by atoms with van der Waals surface area (Å²) < 4.78 is 11.9. The maximum atomic E-state index is 12.2. The first-order valence-electron chi connectivity index (χ1n) is 8.31. The Morgan fingerprint density at radius 3 is 2.80 bits per heavy atom. The largest absolute Gasteiger partial charge is 0.460 e. The summed E-state index contributed by atoms with van der Waals surface area (Å²) >= 11 is 6.23. The molecule has 2 aliphatic rings. The fourth-order valence-electron chi connectivity index (χ4n) is 3.81. The molecule has 8 heteroatoms. The number of ether oxygens (including phenoxy) is 1. The number of hydrogen-bond acceptors (Lipinski definition) is 6. The molecule has 2 fully saturated rings. The van der Waals surface area contributed by atoms with Gasteiger partial charge in [0.25, 0.3) is 0 Å². The average Bonchev–Trinajstić information content (AvgIpc) is 3.10. The maximum Gasteiger partial charge on any atom is 0.442 e. The van der Waals surface area contributed by atoms with Crippen molar-refractivity contribution in [2.75, 3.05) is 13.1 Å². The zero-order valence-corrected chi connectivity index (χ0v) is 14.3. The predicted octanol–water partition coefficient (Wildman–Crippen LogP) is 1.84. The topological polar surface area (TPSA) is 86.4 Å². The van der Waals surface area contributed by atoms with Gasteiger partial charge in [0, 0.05) is 11.0 Å². The van der Waals surface area contributed by atoms with Crippen molar-refractivity contribution in [3.8, 4) is 11.4 Å². The minimum absolute atomic E-state index is 0.212. The van der Waals surface area contributed by atoms with Gasteiger partial charge in [0.05, 0.1) is 18.0 Å². The van der Waals surface area contributed by atoms with E-state index in [0.717, 1.165) is 25.9 Å². The smallest absolute Gasteiger partial charge is 0.442 e. The van der Waals surface area contributed by atoms with Crippen LogP contribution in [0, 0.1) is 5.41 Å². The Morgan fingerprint density at radius 1 is 1.28 bits per heavy atom. The summed E-state index contributed by atoms with van der Waals surface area (Å²) in [5.41, 5.74) is 0.371. The molecule has 4 rings (SSSR count). The molecular weight excluding hydrogens is 346 g/mol. The van der Waals surface area contributed by atoms with Crippen LogP contribution in [-0.4, -0.2) is 34.9 Å². The monoisotopic (exact) mass is 363 g/mol. The van der Waals surface area contributed by atoms with Gasteiger partial charge in [-0.25, -0.2) is 4.79 Å². The molecule has 2 saturated heterocycles. The summed E-state index contributed by atoms with van der Waals surface area (Å²) in [6, 6.07) is 7.12. The van der Waals surface area contributed by atoms with Crippen LogP contribution in [0.1, 0.15) is 19.3 Å². The van der Waals surface area contributed by atoms with Gasteiger partial charge in [-0.3, -0.25) is 13.9 Å². The predicted molar refractivity (Wildman–Crippen MR) is 90.2 cm³/mol. The van der Waals surface area contributed by atoms with Crippen LogP contribution in [0.25, 0.3) is 11.4 Å². The number of rotatable bonds is 3. The third-order valence-corrected chi connectivity index (χ3v) is 5.53. The fourth-order valence-corrected chi connectivity index (χ4v) is 4.03. The second-order valence-electron chi connectivity index (χ2n) is 6.63. The number of carbonyl (C=O) groups is 1. The van der Waals surface area contributed by atoms with Gasteiger partial charge in [0.15, 0.2) is 5.82 Å². The van der Waals surface area contributed by atoms with Gasteiger partial charge in [0.2, 0.25) is 0 Å². The molecule has 0 aliphatic carbocycles. The second kappa shape index (κ2) is 6.31. The molecule has 3 heterocycles. The van der Waals surface area contributed by atoms with Crippen molar-refractivity contribution >= 4 is 17.6 Å². The fraction of sp³-hybridized carbons (Fsp3) is 0.471. The maximum absolute atomic E-state index is 12.2. The van der Waals surface area contributed by atoms with E-state index >= 15 is 0 Å². The summed E-state index contributed by atoms with van der Waals surface area (Å²) in [5.74, 6) is -0.444. The molecule has 1 N–H and O–H groups in total. The van der Waals surface area contributed by atoms with E-state index in [1.807, 2.05) is 6.07 Å². The summed E-state index contributed by atoms with van der Waals surface area (Å²) in [7, 11) is 0. The van der Waals surface area contributed by atoms with Crippen LogP contribution in [0.5, 0.6) is 0 Å². The first-order valence-corrected chi connectivity index (χ1v) is 8.68. The highest BCUT2D eigenvalue weighted by Gasteiger charge is 2.49. The van der Waals surface area contributed by atoms with Crippen molar-refractivity contribution in [2.24, 2.45) is 5.41 Å². The molecule has 0 radical (unpaired) electrons. The number of aromatic nitrogens is 2. The first-order chi connectivity index (χ1) is 12.1. The second-order valence-corrected chi connectivity index (χ2v) is 7.04. The Bertz CT molecular complexity index is 854. The van der Waals surface area contributed by atoms with E-state index in [4.69, 9.17) is 20.9 Å². The van der Waals surface area contributed by atoms with Crippen molar-refractivity contribution < 1.29 is 14.1 Å². The van der Waals surface area contributed by atoms with E-state index < -0.39 is 5.76 Å². The highest BCUT2D eigenvalue weighted by atomic mass is 35.5. The third-order valence-electron chi connectivity index (χ3n) is 5.20. The SMILES string of the molecule is O=C1CC2(CCNCC2)C(Cn2c(-c3ccccc3Cl)noc2=O)O1. The molecule has 25 heavy (non-hydrogen) atoms. The van der Waals surface area contributed by atoms with Crippen LogP contribution in [0.4, 0.5) is 0 Å². The van der Waals surface area contributed by atoms with Crippen molar-refractivity contribution in [3.05, 3.63) is 39.8 Å². The zero-order valence-electron chi connectivity index (χ0n) is 13.5. The van der Waals surface area contributed by atoms with E-state index in [9.17, 15) is 9.59 Å². The Hall–Kier alpha value is -2.12. The van der Waals surface area contributed by atoms with E-state index in [1.165, 1.54) is 4.57 Å². The van der Waals surface area contributed by atoms with Crippen molar-refractivity contribution in [1.29, 1.82) is 0 Å². The van der Waals surface area contributed by atoms with Crippen LogP contribution in [0.3, 0.4) is 0 Å². The summed E-state index contributed by atoms with van der Waals surface area (Å²) in [6.45, 7) is 1.89. The summed E-state index contributed by atoms with van der Waals surface area (Å²) in [4.78, 5) is 24.2. The Labute approximate surface area is 148 Å². The number of carbonyl (C=O) groups excluding carboxylic acids is 1. The molecule has 2 aliphatic heterocycles. The highest BCUT2D eigenvalue weighted by Crippen LogP contribution is 2.44. The number of esters is 1. The Kier molecular flexibility index (Phi) is 4.13. The number of nitrogens with zero attached hydrogens (tertiary/aromatic N) is 2. The molecule has 1 atom stereocenters. The number of piperidine rings is 1. The molecule has 0 amide bonds.